The van der Waals surface area contributed by atoms with E-state index < -0.39 is 37.0 Å². The van der Waals surface area contributed by atoms with E-state index in [1.807, 2.05) is 30.3 Å². The van der Waals surface area contributed by atoms with Gasteiger partial charge in [-0.2, -0.15) is 0 Å². The van der Waals surface area contributed by atoms with Gasteiger partial charge < -0.3 is 33.9 Å². The van der Waals surface area contributed by atoms with E-state index in [1.165, 1.54) is 7.11 Å². The first kappa shape index (κ1) is 16.8. The summed E-state index contributed by atoms with van der Waals surface area (Å²) in [5, 5.41) is 19.4. The molecule has 7 nitrogen and oxygen atoms in total. The van der Waals surface area contributed by atoms with E-state index in [9.17, 15) is 5.11 Å². The number of aliphatic hydroxyl groups excluding tert-OH is 2. The molecule has 128 valence electrons. The molecule has 3 rings (SSSR count). The van der Waals surface area contributed by atoms with Crippen molar-refractivity contribution < 1.29 is 33.9 Å². The standard InChI is InChI=1S/C16H22O7/c1-19-16-12(18)14(20-8-7-17)13-11(22-16)9-21-15(23-13)10-5-3-2-4-6-10/h2-6,11-18H,7-9H2,1H3/t11-,12+,13-,14+,15-,16+/m1/s1. The quantitative estimate of drug-likeness (QED) is 0.800. The highest BCUT2D eigenvalue weighted by Crippen LogP contribution is 2.35. The van der Waals surface area contributed by atoms with Crippen molar-refractivity contribution in [2.45, 2.75) is 37.0 Å². The number of hydrogen-bond acceptors (Lipinski definition) is 7. The van der Waals surface area contributed by atoms with E-state index in [0.717, 1.165) is 5.56 Å². The van der Waals surface area contributed by atoms with Crippen molar-refractivity contribution in [2.75, 3.05) is 26.9 Å². The Bertz CT molecular complexity index is 483. The number of aliphatic hydroxyl groups is 2. The summed E-state index contributed by atoms with van der Waals surface area (Å²) in [6, 6.07) is 9.54. The maximum atomic E-state index is 10.4. The second-order valence-electron chi connectivity index (χ2n) is 5.50. The minimum absolute atomic E-state index is 0.0988. The van der Waals surface area contributed by atoms with Crippen LogP contribution in [0.25, 0.3) is 0 Å². The van der Waals surface area contributed by atoms with Crippen LogP contribution in [0.1, 0.15) is 11.9 Å². The van der Waals surface area contributed by atoms with Gasteiger partial charge in [-0.15, -0.1) is 0 Å². The molecule has 0 aliphatic carbocycles. The Morgan fingerprint density at radius 3 is 2.70 bits per heavy atom. The Morgan fingerprint density at radius 2 is 2.00 bits per heavy atom. The van der Waals surface area contributed by atoms with E-state index in [2.05, 4.69) is 0 Å². The fraction of sp³-hybridized carbons (Fsp3) is 0.625. The highest BCUT2D eigenvalue weighted by atomic mass is 16.8. The SMILES string of the molecule is CO[C@H]1O[C@@H]2CO[C@@H](c3ccccc3)O[C@H]2[C@@H](OCCO)[C@@H]1O. The molecule has 2 N–H and O–H groups in total. The highest BCUT2D eigenvalue weighted by molar-refractivity contribution is 5.16. The molecule has 1 aromatic carbocycles. The molecule has 2 aliphatic heterocycles. The van der Waals surface area contributed by atoms with Crippen molar-refractivity contribution in [1.29, 1.82) is 0 Å². The second kappa shape index (κ2) is 7.67. The molecular formula is C16H22O7. The zero-order valence-corrected chi connectivity index (χ0v) is 12.9. The topological polar surface area (TPSA) is 86.6 Å². The lowest BCUT2D eigenvalue weighted by Crippen LogP contribution is -2.63. The average Bonchev–Trinajstić information content (AvgIpc) is 2.61. The van der Waals surface area contributed by atoms with Crippen LogP contribution >= 0.6 is 0 Å². The molecule has 0 spiro atoms. The Morgan fingerprint density at radius 1 is 1.22 bits per heavy atom. The summed E-state index contributed by atoms with van der Waals surface area (Å²) >= 11 is 0. The van der Waals surface area contributed by atoms with Crippen LogP contribution < -0.4 is 0 Å². The van der Waals surface area contributed by atoms with Gasteiger partial charge in [0.05, 0.1) is 19.8 Å². The molecule has 2 saturated heterocycles. The predicted octanol–water partition coefficient (Wildman–Crippen LogP) is 0.210. The van der Waals surface area contributed by atoms with Gasteiger partial charge in [0, 0.05) is 12.7 Å². The summed E-state index contributed by atoms with van der Waals surface area (Å²) in [6.45, 7) is 0.259. The number of benzene rings is 1. The molecule has 6 atom stereocenters. The molecule has 0 bridgehead atoms. The van der Waals surface area contributed by atoms with E-state index >= 15 is 0 Å². The summed E-state index contributed by atoms with van der Waals surface area (Å²) in [6.07, 6.45) is -3.97. The molecular weight excluding hydrogens is 304 g/mol. The first-order valence-electron chi connectivity index (χ1n) is 7.65. The lowest BCUT2D eigenvalue weighted by Gasteiger charge is -2.47. The first-order valence-corrected chi connectivity index (χ1v) is 7.65. The molecule has 23 heavy (non-hydrogen) atoms. The third kappa shape index (κ3) is 3.56. The van der Waals surface area contributed by atoms with Crippen molar-refractivity contribution in [1.82, 2.24) is 0 Å². The zero-order valence-electron chi connectivity index (χ0n) is 12.9. The largest absolute Gasteiger partial charge is 0.394 e. The van der Waals surface area contributed by atoms with Crippen LogP contribution in [0.5, 0.6) is 0 Å². The van der Waals surface area contributed by atoms with Gasteiger partial charge in [-0.1, -0.05) is 30.3 Å². The highest BCUT2D eigenvalue weighted by Gasteiger charge is 2.50. The van der Waals surface area contributed by atoms with Crippen LogP contribution in [0.3, 0.4) is 0 Å². The molecule has 1 aromatic rings. The van der Waals surface area contributed by atoms with E-state index in [-0.39, 0.29) is 13.2 Å². The van der Waals surface area contributed by atoms with Crippen LogP contribution in [0.2, 0.25) is 0 Å². The number of hydrogen-bond donors (Lipinski definition) is 2. The third-order valence-electron chi connectivity index (χ3n) is 4.01. The van der Waals surface area contributed by atoms with Gasteiger partial charge in [-0.25, -0.2) is 0 Å². The fourth-order valence-corrected chi connectivity index (χ4v) is 2.92. The summed E-state index contributed by atoms with van der Waals surface area (Å²) in [7, 11) is 1.45. The molecule has 2 aliphatic rings. The number of ether oxygens (including phenoxy) is 5. The van der Waals surface area contributed by atoms with Crippen molar-refractivity contribution in [3.05, 3.63) is 35.9 Å². The van der Waals surface area contributed by atoms with Gasteiger partial charge in [0.2, 0.25) is 0 Å². The Labute approximate surface area is 134 Å². The van der Waals surface area contributed by atoms with Crippen LogP contribution in [0.15, 0.2) is 30.3 Å². The maximum absolute atomic E-state index is 10.4. The van der Waals surface area contributed by atoms with Crippen LogP contribution in [0, 0.1) is 0 Å². The Kier molecular flexibility index (Phi) is 5.60. The second-order valence-corrected chi connectivity index (χ2v) is 5.50. The zero-order chi connectivity index (χ0) is 16.2. The molecule has 0 saturated carbocycles. The summed E-state index contributed by atoms with van der Waals surface area (Å²) in [5.74, 6) is 0. The summed E-state index contributed by atoms with van der Waals surface area (Å²) < 4.78 is 28.1. The van der Waals surface area contributed by atoms with Gasteiger partial charge in [-0.05, 0) is 0 Å². The molecule has 7 heteroatoms. The van der Waals surface area contributed by atoms with Crippen molar-refractivity contribution in [3.63, 3.8) is 0 Å². The van der Waals surface area contributed by atoms with E-state index in [0.29, 0.717) is 6.61 Å². The van der Waals surface area contributed by atoms with Gasteiger partial charge in [0.25, 0.3) is 0 Å². The number of rotatable bonds is 5. The number of fused-ring (bicyclic) bond motifs is 1. The first-order chi connectivity index (χ1) is 11.2. The molecule has 0 unspecified atom stereocenters. The van der Waals surface area contributed by atoms with Crippen molar-refractivity contribution in [3.8, 4) is 0 Å². The van der Waals surface area contributed by atoms with Gasteiger partial charge >= 0.3 is 0 Å². The maximum Gasteiger partial charge on any atom is 0.186 e. The van der Waals surface area contributed by atoms with Gasteiger partial charge in [0.15, 0.2) is 12.6 Å². The monoisotopic (exact) mass is 326 g/mol. The van der Waals surface area contributed by atoms with Gasteiger partial charge in [-0.3, -0.25) is 0 Å². The van der Waals surface area contributed by atoms with E-state index in [4.69, 9.17) is 28.8 Å². The molecule has 0 amide bonds. The fourth-order valence-electron chi connectivity index (χ4n) is 2.92. The molecule has 2 heterocycles. The van der Waals surface area contributed by atoms with Crippen LogP contribution in [0.4, 0.5) is 0 Å². The summed E-state index contributed by atoms with van der Waals surface area (Å²) in [4.78, 5) is 0. The lowest BCUT2D eigenvalue weighted by atomic mass is 9.97. The molecule has 2 fully saturated rings. The Hall–Kier alpha value is -1.06. The minimum Gasteiger partial charge on any atom is -0.394 e. The molecule has 0 radical (unpaired) electrons. The lowest BCUT2D eigenvalue weighted by molar-refractivity contribution is -0.363. The van der Waals surface area contributed by atoms with Crippen molar-refractivity contribution >= 4 is 0 Å². The smallest absolute Gasteiger partial charge is 0.186 e. The molecule has 0 aromatic heterocycles. The van der Waals surface area contributed by atoms with Crippen LogP contribution in [-0.4, -0.2) is 67.8 Å². The van der Waals surface area contributed by atoms with Crippen LogP contribution in [-0.2, 0) is 23.7 Å². The normalized spacial score (nSPS) is 37.3. The third-order valence-corrected chi connectivity index (χ3v) is 4.01. The van der Waals surface area contributed by atoms with Gasteiger partial charge in [0.1, 0.15) is 24.4 Å². The Balaban J connectivity index is 1.76. The predicted molar refractivity (Wildman–Crippen MR) is 78.5 cm³/mol. The van der Waals surface area contributed by atoms with Crippen molar-refractivity contribution in [2.24, 2.45) is 0 Å². The minimum atomic E-state index is -1.01. The summed E-state index contributed by atoms with van der Waals surface area (Å²) in [5.41, 5.74) is 0.884. The average molecular weight is 326 g/mol. The van der Waals surface area contributed by atoms with E-state index in [1.54, 1.807) is 0 Å². The number of methoxy groups -OCH3 is 1.